The summed E-state index contributed by atoms with van der Waals surface area (Å²) in [7, 11) is 5.57. The molecular formula is C15H24N3O3S6Sb. The van der Waals surface area contributed by atoms with E-state index in [1.54, 1.807) is 0 Å². The molecule has 6 nitrogen and oxygen atoms in total. The topological polar surface area (TPSA) is 37.4 Å². The number of hydrogen-bond acceptors (Lipinski definition) is 9. The Labute approximate surface area is 198 Å². The maximum atomic E-state index is 5.77. The number of morpholine rings is 3. The van der Waals surface area contributed by atoms with Crippen LogP contribution in [0.4, 0.5) is 0 Å². The van der Waals surface area contributed by atoms with Crippen LogP contribution in [0.2, 0.25) is 0 Å². The second-order valence-electron chi connectivity index (χ2n) is 6.09. The van der Waals surface area contributed by atoms with Crippen molar-refractivity contribution in [1.82, 2.24) is 14.7 Å². The summed E-state index contributed by atoms with van der Waals surface area (Å²) in [4.78, 5) is 6.78. The predicted molar refractivity (Wildman–Crippen MR) is 133 cm³/mol. The van der Waals surface area contributed by atoms with Crippen LogP contribution in [0, 0.1) is 0 Å². The van der Waals surface area contributed by atoms with Gasteiger partial charge in [-0.2, -0.15) is 0 Å². The molecule has 3 rings (SSSR count). The molecule has 0 unspecified atom stereocenters. The second-order valence-corrected chi connectivity index (χ2v) is 27.7. The van der Waals surface area contributed by atoms with E-state index in [0.29, 0.717) is 0 Å². The van der Waals surface area contributed by atoms with Gasteiger partial charge in [0.15, 0.2) is 0 Å². The zero-order valence-electron chi connectivity index (χ0n) is 15.4. The van der Waals surface area contributed by atoms with Crippen molar-refractivity contribution < 1.29 is 14.2 Å². The van der Waals surface area contributed by atoms with E-state index >= 15 is 0 Å². The van der Waals surface area contributed by atoms with Crippen LogP contribution in [0.5, 0.6) is 0 Å². The van der Waals surface area contributed by atoms with Gasteiger partial charge in [-0.25, -0.2) is 0 Å². The van der Waals surface area contributed by atoms with Crippen LogP contribution in [0.15, 0.2) is 0 Å². The van der Waals surface area contributed by atoms with E-state index in [9.17, 15) is 0 Å². The fourth-order valence-corrected chi connectivity index (χ4v) is 32.8. The monoisotopic (exact) mass is 607 g/mol. The first-order valence-electron chi connectivity index (χ1n) is 9.07. The maximum absolute atomic E-state index is 5.77. The number of rotatable bonds is 3. The van der Waals surface area contributed by atoms with Crippen molar-refractivity contribution in [3.63, 3.8) is 0 Å². The molecule has 0 radical (unpaired) electrons. The third kappa shape index (κ3) is 7.84. The normalized spacial score (nSPS) is 21.1. The summed E-state index contributed by atoms with van der Waals surface area (Å²) in [5.74, 6) is 0. The molecule has 158 valence electrons. The van der Waals surface area contributed by atoms with E-state index in [1.807, 2.05) is 26.5 Å². The van der Waals surface area contributed by atoms with Gasteiger partial charge >= 0.3 is 200 Å². The third-order valence-corrected chi connectivity index (χ3v) is 28.1. The number of ether oxygens (including phenoxy) is 3. The van der Waals surface area contributed by atoms with Crippen LogP contribution in [0.25, 0.3) is 0 Å². The number of thiocarbonyl (C=S) groups is 3. The number of hydrogen-bond donors (Lipinski definition) is 0. The van der Waals surface area contributed by atoms with E-state index in [-0.39, 0.29) is 0 Å². The molecule has 3 saturated heterocycles. The second kappa shape index (κ2) is 13.1. The first-order chi connectivity index (χ1) is 13.6. The van der Waals surface area contributed by atoms with E-state index in [0.717, 1.165) is 91.9 Å². The first-order valence-corrected chi connectivity index (χ1v) is 22.0. The Morgan fingerprint density at radius 2 is 0.786 bits per heavy atom. The summed E-state index contributed by atoms with van der Waals surface area (Å²) >= 11 is 15.2. The van der Waals surface area contributed by atoms with Gasteiger partial charge in [-0.15, -0.1) is 0 Å². The van der Waals surface area contributed by atoms with Gasteiger partial charge in [0.1, 0.15) is 0 Å². The van der Waals surface area contributed by atoms with Crippen LogP contribution in [0.1, 0.15) is 0 Å². The number of nitrogens with zero attached hydrogens (tertiary/aromatic N) is 3. The van der Waals surface area contributed by atoms with Crippen LogP contribution < -0.4 is 0 Å². The molecule has 13 heteroatoms. The molecule has 28 heavy (non-hydrogen) atoms. The van der Waals surface area contributed by atoms with Crippen molar-refractivity contribution >= 4 is 92.2 Å². The van der Waals surface area contributed by atoms with Gasteiger partial charge in [0.2, 0.25) is 0 Å². The van der Waals surface area contributed by atoms with Crippen molar-refractivity contribution in [2.75, 3.05) is 78.9 Å². The van der Waals surface area contributed by atoms with Gasteiger partial charge in [-0.3, -0.25) is 0 Å². The van der Waals surface area contributed by atoms with Crippen LogP contribution in [-0.2, 0) is 14.2 Å². The Morgan fingerprint density at radius 1 is 0.536 bits per heavy atom. The average Bonchev–Trinajstić information content (AvgIpc) is 2.75. The van der Waals surface area contributed by atoms with Gasteiger partial charge in [-0.1, -0.05) is 0 Å². The molecule has 0 aromatic rings. The van der Waals surface area contributed by atoms with Crippen molar-refractivity contribution in [3.05, 3.63) is 0 Å². The zero-order chi connectivity index (χ0) is 19.8. The SMILES string of the molecule is S=C([S][Sb]([S]C(=S)N1CCOCC1)[S]C(=S)N1CCOCC1)N1CCOCC1. The van der Waals surface area contributed by atoms with Gasteiger partial charge in [-0.05, 0) is 0 Å². The molecule has 0 aliphatic carbocycles. The minimum atomic E-state index is -2.06. The van der Waals surface area contributed by atoms with Gasteiger partial charge in [0.05, 0.1) is 0 Å². The van der Waals surface area contributed by atoms with Crippen molar-refractivity contribution in [1.29, 1.82) is 0 Å². The van der Waals surface area contributed by atoms with Gasteiger partial charge in [0.25, 0.3) is 0 Å². The Bertz CT molecular complexity index is 481. The molecule has 0 atom stereocenters. The van der Waals surface area contributed by atoms with Crippen LogP contribution in [-0.4, -0.2) is 123 Å². The summed E-state index contributed by atoms with van der Waals surface area (Å²) in [5, 5.41) is 0. The average molecular weight is 609 g/mol. The quantitative estimate of drug-likeness (QED) is 0.348. The van der Waals surface area contributed by atoms with E-state index in [4.69, 9.17) is 50.9 Å². The zero-order valence-corrected chi connectivity index (χ0v) is 22.9. The van der Waals surface area contributed by atoms with Gasteiger partial charge in [0, 0.05) is 0 Å². The summed E-state index contributed by atoms with van der Waals surface area (Å²) in [5.41, 5.74) is 0. The van der Waals surface area contributed by atoms with Gasteiger partial charge < -0.3 is 0 Å². The van der Waals surface area contributed by atoms with Crippen LogP contribution in [0.3, 0.4) is 0 Å². The molecule has 0 aromatic carbocycles. The Balaban J connectivity index is 1.59. The minimum absolute atomic E-state index is 0.747. The molecular weight excluding hydrogens is 584 g/mol. The summed E-state index contributed by atoms with van der Waals surface area (Å²) < 4.78 is 19.3. The molecule has 0 saturated carbocycles. The molecule has 0 amide bonds. The van der Waals surface area contributed by atoms with Crippen molar-refractivity contribution in [2.24, 2.45) is 0 Å². The third-order valence-electron chi connectivity index (χ3n) is 4.27. The fraction of sp³-hybridized carbons (Fsp3) is 0.800. The predicted octanol–water partition coefficient (Wildman–Crippen LogP) is 2.02. The first kappa shape index (κ1) is 24.1. The van der Waals surface area contributed by atoms with Crippen LogP contribution >= 0.6 is 63.2 Å². The molecule has 0 N–H and O–H groups in total. The van der Waals surface area contributed by atoms with Crippen molar-refractivity contribution in [3.8, 4) is 0 Å². The molecule has 0 bridgehead atoms. The van der Waals surface area contributed by atoms with Crippen molar-refractivity contribution in [2.45, 2.75) is 0 Å². The standard InChI is InChI=1S/3C5H9NOS2.Sb/c3*8-5(9)6-1-3-7-4-2-6;/h3*1-4H2,(H,8,9);/q;;;+3/p-3. The van der Waals surface area contributed by atoms with E-state index in [2.05, 4.69) is 14.7 Å². The Kier molecular flexibility index (Phi) is 11.2. The van der Waals surface area contributed by atoms with E-state index in [1.165, 1.54) is 0 Å². The molecule has 3 heterocycles. The molecule has 0 aromatic heterocycles. The molecule has 3 aliphatic heterocycles. The molecule has 0 spiro atoms. The van der Waals surface area contributed by atoms with E-state index < -0.39 is 16.0 Å². The summed E-state index contributed by atoms with van der Waals surface area (Å²) in [6, 6.07) is 0. The Morgan fingerprint density at radius 3 is 1.04 bits per heavy atom. The molecule has 3 aliphatic rings. The Hall–Kier alpha value is 1.42. The molecule has 3 fully saturated rings. The summed E-state index contributed by atoms with van der Waals surface area (Å²) in [6.07, 6.45) is 0. The fourth-order valence-electron chi connectivity index (χ4n) is 2.66. The summed E-state index contributed by atoms with van der Waals surface area (Å²) in [6.45, 7) is 9.71.